The summed E-state index contributed by atoms with van der Waals surface area (Å²) in [5.41, 5.74) is 0. The van der Waals surface area contributed by atoms with E-state index in [1.165, 1.54) is 16.4 Å². The second kappa shape index (κ2) is 7.74. The lowest BCUT2D eigenvalue weighted by atomic mass is 10.2. The molecule has 0 saturated carbocycles. The second-order valence-electron chi connectivity index (χ2n) is 4.99. The molecule has 0 aliphatic heterocycles. The highest BCUT2D eigenvalue weighted by atomic mass is 35.5. The van der Waals surface area contributed by atoms with Crippen LogP contribution in [-0.2, 0) is 20.0 Å². The Morgan fingerprint density at radius 3 is 2.41 bits per heavy atom. The Morgan fingerprint density at radius 1 is 1.27 bits per heavy atom. The van der Waals surface area contributed by atoms with Gasteiger partial charge in [-0.15, -0.1) is 0 Å². The van der Waals surface area contributed by atoms with E-state index in [0.717, 1.165) is 6.26 Å². The van der Waals surface area contributed by atoms with E-state index in [4.69, 9.17) is 11.6 Å². The zero-order chi connectivity index (χ0) is 17.0. The van der Waals surface area contributed by atoms with Crippen molar-refractivity contribution in [3.8, 4) is 0 Å². The zero-order valence-electron chi connectivity index (χ0n) is 12.8. The predicted octanol–water partition coefficient (Wildman–Crippen LogP) is 1.68. The van der Waals surface area contributed by atoms with Crippen molar-refractivity contribution < 1.29 is 16.8 Å². The molecule has 1 atom stereocenters. The lowest BCUT2D eigenvalue weighted by Crippen LogP contribution is -2.42. The molecule has 6 nitrogen and oxygen atoms in total. The molecule has 126 valence electrons. The molecule has 0 saturated heterocycles. The number of rotatable bonds is 8. The van der Waals surface area contributed by atoms with E-state index in [9.17, 15) is 16.8 Å². The fraction of sp³-hybridized carbons (Fsp3) is 0.538. The molecule has 22 heavy (non-hydrogen) atoms. The Bertz CT molecular complexity index is 705. The van der Waals surface area contributed by atoms with Crippen LogP contribution in [-0.4, -0.2) is 46.5 Å². The molecule has 0 amide bonds. The molecule has 9 heteroatoms. The summed E-state index contributed by atoms with van der Waals surface area (Å²) in [5.74, 6) is 0. The fourth-order valence-corrected chi connectivity index (χ4v) is 4.47. The molecule has 1 aromatic carbocycles. The van der Waals surface area contributed by atoms with Crippen LogP contribution >= 0.6 is 11.6 Å². The number of nitrogens with one attached hydrogen (secondary N) is 1. The third kappa shape index (κ3) is 5.51. The number of sulfonamides is 2. The average molecular weight is 369 g/mol. The van der Waals surface area contributed by atoms with Crippen LogP contribution in [0.4, 0.5) is 0 Å². The molecular formula is C13H21ClN2O4S2. The fourth-order valence-electron chi connectivity index (χ4n) is 1.92. The van der Waals surface area contributed by atoms with Gasteiger partial charge in [0.2, 0.25) is 20.0 Å². The maximum atomic E-state index is 12.1. The third-order valence-corrected chi connectivity index (χ3v) is 6.33. The van der Waals surface area contributed by atoms with Crippen molar-refractivity contribution in [2.45, 2.75) is 31.2 Å². The van der Waals surface area contributed by atoms with Crippen molar-refractivity contribution in [3.63, 3.8) is 0 Å². The van der Waals surface area contributed by atoms with Crippen molar-refractivity contribution in [2.75, 3.05) is 19.3 Å². The molecule has 0 fully saturated rings. The van der Waals surface area contributed by atoms with Gasteiger partial charge in [-0.05, 0) is 31.5 Å². The maximum Gasteiger partial charge on any atom is 0.240 e. The summed E-state index contributed by atoms with van der Waals surface area (Å²) in [4.78, 5) is 0.0504. The Balaban J connectivity index is 2.77. The van der Waals surface area contributed by atoms with Crippen molar-refractivity contribution >= 4 is 31.6 Å². The van der Waals surface area contributed by atoms with Crippen LogP contribution in [0.25, 0.3) is 0 Å². The molecule has 0 bridgehead atoms. The van der Waals surface area contributed by atoms with Crippen molar-refractivity contribution in [3.05, 3.63) is 29.3 Å². The minimum absolute atomic E-state index is 0.00768. The first kappa shape index (κ1) is 19.4. The Hall–Kier alpha value is -0.670. The standard InChI is InChI=1S/C13H21ClN2O4S2/c1-4-11(2)16(21(3,17)18)9-8-15-22(19,20)13-7-5-6-12(14)10-13/h5-7,10-11,15H,4,8-9H2,1-3H3. The molecule has 0 radical (unpaired) electrons. The summed E-state index contributed by atoms with van der Waals surface area (Å²) in [5, 5.41) is 0.320. The monoisotopic (exact) mass is 368 g/mol. The molecular weight excluding hydrogens is 348 g/mol. The Morgan fingerprint density at radius 2 is 1.91 bits per heavy atom. The first-order chi connectivity index (χ1) is 10.1. The van der Waals surface area contributed by atoms with Crippen LogP contribution in [0.15, 0.2) is 29.2 Å². The number of halogens is 1. The van der Waals surface area contributed by atoms with Crippen LogP contribution in [0.5, 0.6) is 0 Å². The summed E-state index contributed by atoms with van der Waals surface area (Å²) < 4.78 is 51.4. The predicted molar refractivity (Wildman–Crippen MR) is 87.9 cm³/mol. The summed E-state index contributed by atoms with van der Waals surface area (Å²) in [6, 6.07) is 5.70. The highest BCUT2D eigenvalue weighted by Gasteiger charge is 2.22. The van der Waals surface area contributed by atoms with Gasteiger partial charge in [0.25, 0.3) is 0 Å². The number of hydrogen-bond acceptors (Lipinski definition) is 4. The van der Waals surface area contributed by atoms with Gasteiger partial charge in [-0.3, -0.25) is 0 Å². The third-order valence-electron chi connectivity index (χ3n) is 3.24. The smallest absolute Gasteiger partial charge is 0.212 e. The van der Waals surface area contributed by atoms with Gasteiger partial charge in [-0.25, -0.2) is 21.6 Å². The van der Waals surface area contributed by atoms with Crippen LogP contribution in [0, 0.1) is 0 Å². The molecule has 1 aromatic rings. The molecule has 1 rings (SSSR count). The van der Waals surface area contributed by atoms with Crippen LogP contribution in [0.1, 0.15) is 20.3 Å². The average Bonchev–Trinajstić information content (AvgIpc) is 2.41. The number of nitrogens with zero attached hydrogens (tertiary/aromatic N) is 1. The summed E-state index contributed by atoms with van der Waals surface area (Å²) in [7, 11) is -7.10. The van der Waals surface area contributed by atoms with Gasteiger partial charge < -0.3 is 0 Å². The molecule has 0 spiro atoms. The van der Waals surface area contributed by atoms with E-state index >= 15 is 0 Å². The molecule has 0 aromatic heterocycles. The van der Waals surface area contributed by atoms with Crippen LogP contribution in [0.3, 0.4) is 0 Å². The quantitative estimate of drug-likeness (QED) is 0.756. The minimum atomic E-state index is -3.71. The molecule has 0 aliphatic carbocycles. The zero-order valence-corrected chi connectivity index (χ0v) is 15.2. The van der Waals surface area contributed by atoms with Gasteiger partial charge in [0.05, 0.1) is 11.2 Å². The molecule has 0 aliphatic rings. The Labute approximate surface area is 137 Å². The van der Waals surface area contributed by atoms with Crippen molar-refractivity contribution in [1.82, 2.24) is 9.03 Å². The second-order valence-corrected chi connectivity index (χ2v) is 9.12. The highest BCUT2D eigenvalue weighted by molar-refractivity contribution is 7.89. The van der Waals surface area contributed by atoms with Gasteiger partial charge in [0, 0.05) is 24.2 Å². The van der Waals surface area contributed by atoms with Gasteiger partial charge in [0.1, 0.15) is 0 Å². The van der Waals surface area contributed by atoms with Crippen molar-refractivity contribution in [2.24, 2.45) is 0 Å². The van der Waals surface area contributed by atoms with E-state index in [2.05, 4.69) is 4.72 Å². The largest absolute Gasteiger partial charge is 0.240 e. The highest BCUT2D eigenvalue weighted by Crippen LogP contribution is 2.15. The molecule has 1 N–H and O–H groups in total. The lowest BCUT2D eigenvalue weighted by Gasteiger charge is -2.25. The molecule has 0 heterocycles. The van der Waals surface area contributed by atoms with Gasteiger partial charge in [-0.1, -0.05) is 24.6 Å². The van der Waals surface area contributed by atoms with Gasteiger partial charge in [0.15, 0.2) is 0 Å². The molecule has 1 unspecified atom stereocenters. The van der Waals surface area contributed by atoms with Crippen LogP contribution < -0.4 is 4.72 Å². The van der Waals surface area contributed by atoms with Crippen LogP contribution in [0.2, 0.25) is 5.02 Å². The maximum absolute atomic E-state index is 12.1. The van der Waals surface area contributed by atoms with Gasteiger partial charge in [-0.2, -0.15) is 4.31 Å². The first-order valence-corrected chi connectivity index (χ1v) is 10.5. The van der Waals surface area contributed by atoms with Gasteiger partial charge >= 0.3 is 0 Å². The summed E-state index contributed by atoms with van der Waals surface area (Å²) >= 11 is 5.78. The topological polar surface area (TPSA) is 83.6 Å². The van der Waals surface area contributed by atoms with E-state index < -0.39 is 20.0 Å². The summed E-state index contributed by atoms with van der Waals surface area (Å²) in [6.45, 7) is 3.73. The lowest BCUT2D eigenvalue weighted by molar-refractivity contribution is 0.335. The first-order valence-electron chi connectivity index (χ1n) is 6.80. The number of hydrogen-bond donors (Lipinski definition) is 1. The van der Waals surface area contributed by atoms with E-state index in [0.29, 0.717) is 11.4 Å². The van der Waals surface area contributed by atoms with E-state index in [-0.39, 0.29) is 24.0 Å². The minimum Gasteiger partial charge on any atom is -0.212 e. The Kier molecular flexibility index (Phi) is 6.82. The van der Waals surface area contributed by atoms with E-state index in [1.807, 2.05) is 6.92 Å². The van der Waals surface area contributed by atoms with Crippen molar-refractivity contribution in [1.29, 1.82) is 0 Å². The van der Waals surface area contributed by atoms with E-state index in [1.54, 1.807) is 19.1 Å². The SMILES string of the molecule is CCC(C)N(CCNS(=O)(=O)c1cccc(Cl)c1)S(C)(=O)=O. The summed E-state index contributed by atoms with van der Waals surface area (Å²) in [6.07, 6.45) is 1.76. The normalized spacial score (nSPS) is 14.2. The number of benzene rings is 1.